The SMILES string of the molecule is CCCCCOc1nsnc1C1=CC2CCCN(C2)C1Cl. The number of aromatic nitrogens is 2. The van der Waals surface area contributed by atoms with Crippen LogP contribution in [0.3, 0.4) is 0 Å². The first-order valence-corrected chi connectivity index (χ1v) is 9.02. The molecule has 1 aromatic heterocycles. The van der Waals surface area contributed by atoms with Gasteiger partial charge in [0.2, 0.25) is 0 Å². The van der Waals surface area contributed by atoms with E-state index < -0.39 is 0 Å². The molecule has 0 radical (unpaired) electrons. The molecule has 0 aliphatic carbocycles. The van der Waals surface area contributed by atoms with Gasteiger partial charge in [-0.05, 0) is 31.7 Å². The van der Waals surface area contributed by atoms with E-state index in [1.807, 2.05) is 0 Å². The quantitative estimate of drug-likeness (QED) is 0.453. The van der Waals surface area contributed by atoms with E-state index in [1.54, 1.807) is 0 Å². The Hall–Kier alpha value is -0.650. The molecule has 3 rings (SSSR count). The fraction of sp³-hybridized carbons (Fsp3) is 0.733. The average molecular weight is 328 g/mol. The van der Waals surface area contributed by atoms with Gasteiger partial charge in [-0.2, -0.15) is 4.37 Å². The van der Waals surface area contributed by atoms with Crippen LogP contribution in [0.1, 0.15) is 44.7 Å². The number of rotatable bonds is 6. The van der Waals surface area contributed by atoms with Gasteiger partial charge < -0.3 is 4.74 Å². The Morgan fingerprint density at radius 1 is 1.43 bits per heavy atom. The van der Waals surface area contributed by atoms with Crippen molar-refractivity contribution in [3.8, 4) is 5.88 Å². The largest absolute Gasteiger partial charge is 0.475 e. The molecule has 0 amide bonds. The molecule has 3 unspecified atom stereocenters. The first-order chi connectivity index (χ1) is 10.3. The Bertz CT molecular complexity index is 505. The molecule has 1 saturated heterocycles. The van der Waals surface area contributed by atoms with E-state index in [-0.39, 0.29) is 5.50 Å². The summed E-state index contributed by atoms with van der Waals surface area (Å²) in [4.78, 5) is 2.34. The lowest BCUT2D eigenvalue weighted by Gasteiger charge is -2.39. The number of ether oxygens (including phenoxy) is 1. The topological polar surface area (TPSA) is 38.3 Å². The van der Waals surface area contributed by atoms with Crippen LogP contribution in [0, 0.1) is 5.92 Å². The molecular weight excluding hydrogens is 306 g/mol. The summed E-state index contributed by atoms with van der Waals surface area (Å²) >= 11 is 7.84. The van der Waals surface area contributed by atoms with E-state index in [0.717, 1.165) is 30.8 Å². The van der Waals surface area contributed by atoms with E-state index in [0.29, 0.717) is 18.4 Å². The molecule has 1 aromatic rings. The summed E-state index contributed by atoms with van der Waals surface area (Å²) in [5.41, 5.74) is 1.85. The van der Waals surface area contributed by atoms with Gasteiger partial charge in [0.15, 0.2) is 0 Å². The second-order valence-corrected chi connectivity index (χ2v) is 6.77. The van der Waals surface area contributed by atoms with Crippen molar-refractivity contribution in [3.63, 3.8) is 0 Å². The third-order valence-electron chi connectivity index (χ3n) is 4.20. The maximum absolute atomic E-state index is 6.63. The van der Waals surface area contributed by atoms with Gasteiger partial charge in [0, 0.05) is 12.1 Å². The minimum Gasteiger partial charge on any atom is -0.475 e. The molecule has 3 heterocycles. The lowest BCUT2D eigenvalue weighted by Crippen LogP contribution is -2.43. The zero-order valence-electron chi connectivity index (χ0n) is 12.4. The molecule has 116 valence electrons. The standard InChI is InChI=1S/C15H22ClN3OS/c1-2-3-4-8-20-15-13(17-21-18-15)12-9-11-6-5-7-19(10-11)14(12)16/h9,11,14H,2-8,10H2,1H3. The monoisotopic (exact) mass is 327 g/mol. The van der Waals surface area contributed by atoms with Crippen LogP contribution >= 0.6 is 23.3 Å². The number of unbranched alkanes of at least 4 members (excludes halogenated alkanes) is 2. The van der Waals surface area contributed by atoms with E-state index in [1.165, 1.54) is 37.4 Å². The summed E-state index contributed by atoms with van der Waals surface area (Å²) < 4.78 is 14.6. The van der Waals surface area contributed by atoms with Crippen LogP contribution in [-0.4, -0.2) is 38.8 Å². The molecule has 0 spiro atoms. The van der Waals surface area contributed by atoms with Gasteiger partial charge in [-0.1, -0.05) is 25.8 Å². The Labute approximate surface area is 135 Å². The van der Waals surface area contributed by atoms with Crippen molar-refractivity contribution in [2.45, 2.75) is 44.5 Å². The molecule has 2 aliphatic rings. The van der Waals surface area contributed by atoms with Crippen LogP contribution in [0.2, 0.25) is 0 Å². The van der Waals surface area contributed by atoms with Gasteiger partial charge >= 0.3 is 0 Å². The molecule has 0 aromatic carbocycles. The van der Waals surface area contributed by atoms with Crippen molar-refractivity contribution in [1.29, 1.82) is 0 Å². The summed E-state index contributed by atoms with van der Waals surface area (Å²) in [6, 6.07) is 0. The minimum atomic E-state index is -0.0940. The Morgan fingerprint density at radius 3 is 3.19 bits per heavy atom. The summed E-state index contributed by atoms with van der Waals surface area (Å²) in [5.74, 6) is 1.26. The number of halogens is 1. The van der Waals surface area contributed by atoms with E-state index in [4.69, 9.17) is 16.3 Å². The van der Waals surface area contributed by atoms with Crippen molar-refractivity contribution < 1.29 is 4.74 Å². The first kappa shape index (κ1) is 15.3. The normalized spacial score (nSPS) is 28.3. The van der Waals surface area contributed by atoms with Gasteiger partial charge in [0.1, 0.15) is 11.2 Å². The van der Waals surface area contributed by atoms with Crippen molar-refractivity contribution in [3.05, 3.63) is 11.8 Å². The van der Waals surface area contributed by atoms with Gasteiger partial charge in [0.25, 0.3) is 5.88 Å². The van der Waals surface area contributed by atoms with Gasteiger partial charge in [-0.15, -0.1) is 16.0 Å². The van der Waals surface area contributed by atoms with Crippen molar-refractivity contribution in [2.24, 2.45) is 5.92 Å². The number of nitrogens with zero attached hydrogens (tertiary/aromatic N) is 3. The average Bonchev–Trinajstić information content (AvgIpc) is 2.96. The number of hydrogen-bond donors (Lipinski definition) is 0. The summed E-state index contributed by atoms with van der Waals surface area (Å²) in [7, 11) is 0. The summed E-state index contributed by atoms with van der Waals surface area (Å²) in [6.07, 6.45) is 8.20. The highest BCUT2D eigenvalue weighted by Crippen LogP contribution is 2.38. The molecule has 1 fully saturated rings. The van der Waals surface area contributed by atoms with E-state index in [9.17, 15) is 0 Å². The maximum Gasteiger partial charge on any atom is 0.253 e. The fourth-order valence-electron chi connectivity index (χ4n) is 3.08. The molecule has 4 nitrogen and oxygen atoms in total. The molecule has 21 heavy (non-hydrogen) atoms. The molecular formula is C15H22ClN3OS. The van der Waals surface area contributed by atoms with E-state index in [2.05, 4.69) is 26.6 Å². The fourth-order valence-corrected chi connectivity index (χ4v) is 3.95. The molecule has 0 N–H and O–H groups in total. The summed E-state index contributed by atoms with van der Waals surface area (Å²) in [5, 5.41) is 0. The van der Waals surface area contributed by atoms with Crippen molar-refractivity contribution in [1.82, 2.24) is 13.6 Å². The van der Waals surface area contributed by atoms with Gasteiger partial charge in [0.05, 0.1) is 18.3 Å². The molecule has 2 bridgehead atoms. The second-order valence-electron chi connectivity index (χ2n) is 5.83. The Kier molecular flexibility index (Phi) is 5.14. The highest BCUT2D eigenvalue weighted by molar-refractivity contribution is 6.99. The van der Waals surface area contributed by atoms with Crippen LogP contribution in [0.25, 0.3) is 5.57 Å². The number of hydrogen-bond acceptors (Lipinski definition) is 5. The molecule has 0 saturated carbocycles. The van der Waals surface area contributed by atoms with Gasteiger partial charge in [-0.3, -0.25) is 4.90 Å². The predicted molar refractivity (Wildman–Crippen MR) is 86.8 cm³/mol. The van der Waals surface area contributed by atoms with Crippen LogP contribution in [-0.2, 0) is 0 Å². The van der Waals surface area contributed by atoms with Gasteiger partial charge in [-0.25, -0.2) is 0 Å². The number of alkyl halides is 1. The third-order valence-corrected chi connectivity index (χ3v) is 5.22. The zero-order valence-corrected chi connectivity index (χ0v) is 14.0. The molecule has 3 atom stereocenters. The van der Waals surface area contributed by atoms with Crippen LogP contribution in [0.5, 0.6) is 5.88 Å². The first-order valence-electron chi connectivity index (χ1n) is 7.85. The molecule has 2 aliphatic heterocycles. The smallest absolute Gasteiger partial charge is 0.253 e. The minimum absolute atomic E-state index is 0.0940. The summed E-state index contributed by atoms with van der Waals surface area (Å²) in [6.45, 7) is 5.04. The maximum atomic E-state index is 6.63. The number of fused-ring (bicyclic) bond motifs is 2. The van der Waals surface area contributed by atoms with Crippen molar-refractivity contribution >= 4 is 28.9 Å². The Morgan fingerprint density at radius 2 is 2.33 bits per heavy atom. The lowest BCUT2D eigenvalue weighted by atomic mass is 9.90. The van der Waals surface area contributed by atoms with Crippen molar-refractivity contribution in [2.75, 3.05) is 19.7 Å². The van der Waals surface area contributed by atoms with Crippen LogP contribution < -0.4 is 4.74 Å². The highest BCUT2D eigenvalue weighted by atomic mass is 35.5. The number of piperidine rings is 1. The predicted octanol–water partition coefficient (Wildman–Crippen LogP) is 3.78. The highest BCUT2D eigenvalue weighted by Gasteiger charge is 2.34. The third kappa shape index (κ3) is 3.41. The van der Waals surface area contributed by atoms with Crippen LogP contribution in [0.4, 0.5) is 0 Å². The Balaban J connectivity index is 1.74. The van der Waals surface area contributed by atoms with E-state index >= 15 is 0 Å². The lowest BCUT2D eigenvalue weighted by molar-refractivity contribution is 0.190. The zero-order chi connectivity index (χ0) is 14.7. The van der Waals surface area contributed by atoms with Crippen LogP contribution in [0.15, 0.2) is 6.08 Å². The second kappa shape index (κ2) is 7.07. The molecule has 6 heteroatoms.